The molecule has 0 saturated heterocycles. The van der Waals surface area contributed by atoms with Gasteiger partial charge in [-0.1, -0.05) is 11.6 Å². The summed E-state index contributed by atoms with van der Waals surface area (Å²) in [4.78, 5) is 10.8. The Balaban J connectivity index is 2.95. The van der Waals surface area contributed by atoms with Gasteiger partial charge in [0.15, 0.2) is 0 Å². The Morgan fingerprint density at radius 1 is 1.47 bits per heavy atom. The lowest BCUT2D eigenvalue weighted by molar-refractivity contribution is -0.137. The number of carbonyl (C=O) groups is 1. The highest BCUT2D eigenvalue weighted by atomic mass is 35.5. The quantitative estimate of drug-likeness (QED) is 0.884. The smallest absolute Gasteiger partial charge is 0.373 e. The van der Waals surface area contributed by atoms with Crippen LogP contribution in [-0.2, 0) is 11.0 Å². The van der Waals surface area contributed by atoms with Crippen molar-refractivity contribution in [2.24, 2.45) is 5.73 Å². The van der Waals surface area contributed by atoms with E-state index in [1.807, 2.05) is 0 Å². The summed E-state index contributed by atoms with van der Waals surface area (Å²) in [5.41, 5.74) is 4.39. The first-order valence-corrected chi connectivity index (χ1v) is 5.02. The summed E-state index contributed by atoms with van der Waals surface area (Å²) >= 11 is 5.67. The number of nitrogens with two attached hydrogens (primary N) is 1. The summed E-state index contributed by atoms with van der Waals surface area (Å²) in [6, 6.07) is 2.11. The van der Waals surface area contributed by atoms with E-state index in [1.165, 1.54) is 6.92 Å². The highest BCUT2D eigenvalue weighted by molar-refractivity contribution is 6.33. The molecule has 3 nitrogen and oxygen atoms in total. The third kappa shape index (κ3) is 3.52. The second-order valence-corrected chi connectivity index (χ2v) is 3.87. The lowest BCUT2D eigenvalue weighted by Crippen LogP contribution is -2.32. The third-order valence-corrected chi connectivity index (χ3v) is 2.41. The summed E-state index contributed by atoms with van der Waals surface area (Å²) < 4.78 is 37.0. The number of primary amides is 1. The van der Waals surface area contributed by atoms with Gasteiger partial charge in [0.1, 0.15) is 6.04 Å². The van der Waals surface area contributed by atoms with Crippen molar-refractivity contribution in [2.45, 2.75) is 19.1 Å². The molecule has 3 N–H and O–H groups in total. The molecule has 7 heteroatoms. The maximum atomic E-state index is 12.3. The molecule has 1 amide bonds. The first-order chi connectivity index (χ1) is 7.71. The molecule has 1 aromatic carbocycles. The minimum Gasteiger partial charge on any atom is -0.373 e. The van der Waals surface area contributed by atoms with Crippen LogP contribution >= 0.6 is 11.6 Å². The van der Waals surface area contributed by atoms with Gasteiger partial charge in [0, 0.05) is 0 Å². The van der Waals surface area contributed by atoms with E-state index in [0.717, 1.165) is 18.2 Å². The molecule has 0 aliphatic carbocycles. The summed E-state index contributed by atoms with van der Waals surface area (Å²) in [6.45, 7) is 1.48. The van der Waals surface area contributed by atoms with Gasteiger partial charge in [-0.15, -0.1) is 0 Å². The second kappa shape index (κ2) is 4.83. The molecule has 1 aromatic rings. The monoisotopic (exact) mass is 266 g/mol. The van der Waals surface area contributed by atoms with Crippen LogP contribution in [0.25, 0.3) is 0 Å². The van der Waals surface area contributed by atoms with Crippen molar-refractivity contribution in [3.63, 3.8) is 0 Å². The molecule has 0 radical (unpaired) electrons. The minimum absolute atomic E-state index is 0.118. The Kier molecular flexibility index (Phi) is 3.87. The van der Waals surface area contributed by atoms with Crippen LogP contribution < -0.4 is 11.1 Å². The van der Waals surface area contributed by atoms with Crippen LogP contribution in [0.15, 0.2) is 18.2 Å². The Labute approximate surface area is 101 Å². The van der Waals surface area contributed by atoms with Crippen molar-refractivity contribution < 1.29 is 18.0 Å². The maximum absolute atomic E-state index is 12.3. The van der Waals surface area contributed by atoms with Gasteiger partial charge in [-0.2, -0.15) is 13.2 Å². The number of hydrogen-bond donors (Lipinski definition) is 2. The number of halogens is 4. The summed E-state index contributed by atoms with van der Waals surface area (Å²) in [5, 5.41) is 2.50. The molecular formula is C10H10ClF3N2O. The van der Waals surface area contributed by atoms with Gasteiger partial charge in [0.25, 0.3) is 0 Å². The summed E-state index contributed by atoms with van der Waals surface area (Å²) in [6.07, 6.45) is -4.45. The molecule has 0 saturated carbocycles. The molecule has 0 heterocycles. The number of amides is 1. The van der Waals surface area contributed by atoms with Crippen molar-refractivity contribution in [2.75, 3.05) is 5.32 Å². The van der Waals surface area contributed by atoms with E-state index < -0.39 is 23.7 Å². The number of alkyl halides is 3. The van der Waals surface area contributed by atoms with Crippen molar-refractivity contribution in [1.82, 2.24) is 0 Å². The molecule has 1 atom stereocenters. The molecule has 94 valence electrons. The van der Waals surface area contributed by atoms with Crippen molar-refractivity contribution in [3.8, 4) is 0 Å². The third-order valence-electron chi connectivity index (χ3n) is 2.10. The molecule has 17 heavy (non-hydrogen) atoms. The fourth-order valence-electron chi connectivity index (χ4n) is 1.11. The molecule has 0 fully saturated rings. The lowest BCUT2D eigenvalue weighted by atomic mass is 10.2. The molecule has 1 rings (SSSR count). The predicted octanol–water partition coefficient (Wildman–Crippen LogP) is 2.64. The zero-order valence-corrected chi connectivity index (χ0v) is 9.56. The molecular weight excluding hydrogens is 257 g/mol. The van der Waals surface area contributed by atoms with Gasteiger partial charge >= 0.3 is 6.18 Å². The van der Waals surface area contributed by atoms with Crippen LogP contribution in [0.2, 0.25) is 5.02 Å². The second-order valence-electron chi connectivity index (χ2n) is 3.46. The van der Waals surface area contributed by atoms with Gasteiger partial charge < -0.3 is 11.1 Å². The van der Waals surface area contributed by atoms with Gasteiger partial charge in [-0.3, -0.25) is 4.79 Å². The number of carbonyl (C=O) groups excluding carboxylic acids is 1. The summed E-state index contributed by atoms with van der Waals surface area (Å²) in [5.74, 6) is -0.624. The standard InChI is InChI=1S/C10H10ClF3N2O/c1-5(9(15)17)16-8-3-2-6(4-7(8)11)10(12,13)14/h2-5,16H,1H3,(H2,15,17). The number of nitrogens with one attached hydrogen (secondary N) is 1. The first-order valence-electron chi connectivity index (χ1n) is 4.64. The van der Waals surface area contributed by atoms with Crippen molar-refractivity contribution in [1.29, 1.82) is 0 Å². The Morgan fingerprint density at radius 2 is 2.06 bits per heavy atom. The number of rotatable bonds is 3. The SMILES string of the molecule is CC(Nc1ccc(C(F)(F)F)cc1Cl)C(N)=O. The van der Waals surface area contributed by atoms with Gasteiger partial charge in [-0.05, 0) is 25.1 Å². The van der Waals surface area contributed by atoms with E-state index in [4.69, 9.17) is 17.3 Å². The molecule has 0 aliphatic rings. The first kappa shape index (κ1) is 13.6. The predicted molar refractivity (Wildman–Crippen MR) is 58.7 cm³/mol. The van der Waals surface area contributed by atoms with E-state index >= 15 is 0 Å². The molecule has 0 spiro atoms. The van der Waals surface area contributed by atoms with Gasteiger partial charge in [0.2, 0.25) is 5.91 Å². The van der Waals surface area contributed by atoms with Crippen LogP contribution in [0.5, 0.6) is 0 Å². The van der Waals surface area contributed by atoms with E-state index in [9.17, 15) is 18.0 Å². The summed E-state index contributed by atoms with van der Waals surface area (Å²) in [7, 11) is 0. The van der Waals surface area contributed by atoms with Crippen molar-refractivity contribution in [3.05, 3.63) is 28.8 Å². The Bertz CT molecular complexity index is 434. The highest BCUT2D eigenvalue weighted by Gasteiger charge is 2.31. The lowest BCUT2D eigenvalue weighted by Gasteiger charge is -2.14. The average Bonchev–Trinajstić information content (AvgIpc) is 2.19. The van der Waals surface area contributed by atoms with Gasteiger partial charge in [0.05, 0.1) is 16.3 Å². The van der Waals surface area contributed by atoms with Crippen LogP contribution in [-0.4, -0.2) is 11.9 Å². The average molecular weight is 267 g/mol. The largest absolute Gasteiger partial charge is 0.416 e. The molecule has 0 aliphatic heterocycles. The van der Waals surface area contributed by atoms with Crippen LogP contribution in [0.3, 0.4) is 0 Å². The minimum atomic E-state index is -4.45. The normalized spacial score (nSPS) is 13.2. The zero-order chi connectivity index (χ0) is 13.2. The number of anilines is 1. The van der Waals surface area contributed by atoms with Crippen molar-refractivity contribution >= 4 is 23.2 Å². The zero-order valence-electron chi connectivity index (χ0n) is 8.81. The molecule has 0 aromatic heterocycles. The van der Waals surface area contributed by atoms with E-state index in [-0.39, 0.29) is 10.7 Å². The van der Waals surface area contributed by atoms with E-state index in [1.54, 1.807) is 0 Å². The molecule has 1 unspecified atom stereocenters. The van der Waals surface area contributed by atoms with Crippen LogP contribution in [0.1, 0.15) is 12.5 Å². The molecule has 0 bridgehead atoms. The number of benzene rings is 1. The highest BCUT2D eigenvalue weighted by Crippen LogP contribution is 2.33. The Hall–Kier alpha value is -1.43. The fraction of sp³-hybridized carbons (Fsp3) is 0.300. The van der Waals surface area contributed by atoms with Crippen LogP contribution in [0, 0.1) is 0 Å². The van der Waals surface area contributed by atoms with Gasteiger partial charge in [-0.25, -0.2) is 0 Å². The Morgan fingerprint density at radius 3 is 2.47 bits per heavy atom. The van der Waals surface area contributed by atoms with E-state index in [2.05, 4.69) is 5.32 Å². The fourth-order valence-corrected chi connectivity index (χ4v) is 1.35. The maximum Gasteiger partial charge on any atom is 0.416 e. The van der Waals surface area contributed by atoms with E-state index in [0.29, 0.717) is 0 Å². The topological polar surface area (TPSA) is 55.1 Å². The van der Waals surface area contributed by atoms with Crippen LogP contribution in [0.4, 0.5) is 18.9 Å². The number of hydrogen-bond acceptors (Lipinski definition) is 2.